The highest BCUT2D eigenvalue weighted by Gasteiger charge is 2.48. The standard InChI is InChI=1S/C33H58N3O11P/c37-25-26-30(47-48(43)44)31(32(46-26)36-23-21-28(39)35-33(36)42)45-24-18-14-13-17-22-34-27(38)19-15-11-9-7-5-3-1-2-4-6-8-10-12-16-20-29(40)41/h21,23,26,30-32,37,48H,1-20,22,24-25H2,(H,34,38)(H,40,41)(H,43,44)(H,35,39,42). The molecule has 2 rings (SSSR count). The van der Waals surface area contributed by atoms with E-state index >= 15 is 0 Å². The van der Waals surface area contributed by atoms with Gasteiger partial charge in [0.05, 0.1) is 6.61 Å². The number of aliphatic hydroxyl groups is 1. The molecule has 5 N–H and O–H groups in total. The molecule has 1 amide bonds. The number of carbonyl (C=O) groups is 2. The lowest BCUT2D eigenvalue weighted by Crippen LogP contribution is -2.40. The molecule has 1 aromatic heterocycles. The van der Waals surface area contributed by atoms with E-state index in [1.54, 1.807) is 0 Å². The first-order valence-electron chi connectivity index (χ1n) is 17.8. The van der Waals surface area contributed by atoms with Crippen LogP contribution in [0.4, 0.5) is 0 Å². The van der Waals surface area contributed by atoms with Gasteiger partial charge in [0.2, 0.25) is 5.91 Å². The monoisotopic (exact) mass is 703 g/mol. The summed E-state index contributed by atoms with van der Waals surface area (Å²) in [5.74, 6) is -0.617. The van der Waals surface area contributed by atoms with Gasteiger partial charge in [-0.3, -0.25) is 28.5 Å². The van der Waals surface area contributed by atoms with E-state index < -0.39 is 56.6 Å². The summed E-state index contributed by atoms with van der Waals surface area (Å²) in [6.45, 7) is 0.332. The molecule has 1 saturated heterocycles. The minimum atomic E-state index is -3.40. The summed E-state index contributed by atoms with van der Waals surface area (Å²) >= 11 is 0. The molecule has 15 heteroatoms. The minimum Gasteiger partial charge on any atom is -0.481 e. The number of hydrogen-bond donors (Lipinski definition) is 5. The molecule has 0 bridgehead atoms. The van der Waals surface area contributed by atoms with E-state index in [9.17, 15) is 33.7 Å². The van der Waals surface area contributed by atoms with Crippen LogP contribution in [0.15, 0.2) is 21.9 Å². The van der Waals surface area contributed by atoms with Crippen LogP contribution in [-0.4, -0.2) is 74.6 Å². The van der Waals surface area contributed by atoms with Crippen LogP contribution in [0.3, 0.4) is 0 Å². The maximum absolute atomic E-state index is 12.3. The van der Waals surface area contributed by atoms with Gasteiger partial charge in [0.25, 0.3) is 5.56 Å². The maximum Gasteiger partial charge on any atom is 0.330 e. The summed E-state index contributed by atoms with van der Waals surface area (Å²) in [6, 6.07) is 1.14. The number of carbonyl (C=O) groups excluding carboxylic acids is 1. The summed E-state index contributed by atoms with van der Waals surface area (Å²) in [7, 11) is -3.40. The van der Waals surface area contributed by atoms with E-state index in [-0.39, 0.29) is 18.9 Å². The van der Waals surface area contributed by atoms with Crippen molar-refractivity contribution in [2.45, 2.75) is 153 Å². The smallest absolute Gasteiger partial charge is 0.330 e. The van der Waals surface area contributed by atoms with Crippen LogP contribution in [0.5, 0.6) is 0 Å². The fourth-order valence-corrected chi connectivity index (χ4v) is 6.46. The number of amides is 1. The lowest BCUT2D eigenvalue weighted by atomic mass is 10.0. The van der Waals surface area contributed by atoms with Crippen molar-refractivity contribution in [1.82, 2.24) is 14.9 Å². The van der Waals surface area contributed by atoms with Gasteiger partial charge < -0.3 is 34.4 Å². The number of ether oxygens (including phenoxy) is 2. The fourth-order valence-electron chi connectivity index (χ4n) is 5.94. The molecule has 0 aromatic carbocycles. The number of hydrogen-bond acceptors (Lipinski definition) is 9. The Hall–Kier alpha value is -2.35. The lowest BCUT2D eigenvalue weighted by Gasteiger charge is -2.24. The fraction of sp³-hybridized carbons (Fsp3) is 0.818. The van der Waals surface area contributed by atoms with E-state index in [0.29, 0.717) is 19.4 Å². The van der Waals surface area contributed by atoms with Crippen molar-refractivity contribution in [1.29, 1.82) is 0 Å². The molecule has 0 aliphatic carbocycles. The largest absolute Gasteiger partial charge is 0.481 e. The average molecular weight is 704 g/mol. The van der Waals surface area contributed by atoms with Gasteiger partial charge in [-0.05, 0) is 25.7 Å². The van der Waals surface area contributed by atoms with Crippen molar-refractivity contribution in [2.24, 2.45) is 0 Å². The number of nitrogens with one attached hydrogen (secondary N) is 2. The molecule has 1 aliphatic rings. The topological polar surface area (TPSA) is 206 Å². The van der Waals surface area contributed by atoms with E-state index in [4.69, 9.17) is 19.1 Å². The molecule has 14 nitrogen and oxygen atoms in total. The molecule has 0 saturated carbocycles. The highest BCUT2D eigenvalue weighted by molar-refractivity contribution is 7.32. The molecule has 48 heavy (non-hydrogen) atoms. The van der Waals surface area contributed by atoms with E-state index in [2.05, 4.69) is 10.3 Å². The first-order chi connectivity index (χ1) is 23.2. The summed E-state index contributed by atoms with van der Waals surface area (Å²) in [4.78, 5) is 58.0. The van der Waals surface area contributed by atoms with Crippen molar-refractivity contribution < 1.29 is 43.3 Å². The number of carboxylic acid groups (broad SMARTS) is 1. The second-order valence-electron chi connectivity index (χ2n) is 12.6. The van der Waals surface area contributed by atoms with Gasteiger partial charge in [0.15, 0.2) is 6.23 Å². The molecule has 1 fully saturated rings. The molecule has 0 radical (unpaired) electrons. The summed E-state index contributed by atoms with van der Waals surface area (Å²) in [6.07, 6.45) is 17.2. The van der Waals surface area contributed by atoms with E-state index in [1.807, 2.05) is 0 Å². The van der Waals surface area contributed by atoms with Crippen molar-refractivity contribution in [2.75, 3.05) is 19.8 Å². The number of aliphatic carboxylic acids is 1. The zero-order chi connectivity index (χ0) is 35.0. The summed E-state index contributed by atoms with van der Waals surface area (Å²) < 4.78 is 29.3. The Morgan fingerprint density at radius 3 is 1.92 bits per heavy atom. The Morgan fingerprint density at radius 1 is 0.833 bits per heavy atom. The Labute approximate surface area is 283 Å². The quantitative estimate of drug-likeness (QED) is 0.0577. The van der Waals surface area contributed by atoms with Crippen LogP contribution < -0.4 is 16.6 Å². The first-order valence-corrected chi connectivity index (χ1v) is 19.1. The Balaban J connectivity index is 1.47. The Kier molecular flexibility index (Phi) is 22.3. The van der Waals surface area contributed by atoms with Crippen LogP contribution in [0.25, 0.3) is 0 Å². The average Bonchev–Trinajstić information content (AvgIpc) is 3.37. The highest BCUT2D eigenvalue weighted by Crippen LogP contribution is 2.37. The number of carboxylic acids is 1. The van der Waals surface area contributed by atoms with Crippen LogP contribution in [0.1, 0.15) is 135 Å². The third kappa shape index (κ3) is 17.9. The third-order valence-electron chi connectivity index (χ3n) is 8.58. The maximum atomic E-state index is 12.3. The van der Waals surface area contributed by atoms with Gasteiger partial charge >= 0.3 is 19.9 Å². The van der Waals surface area contributed by atoms with Gasteiger partial charge in [-0.25, -0.2) is 4.79 Å². The van der Waals surface area contributed by atoms with E-state index in [1.165, 1.54) is 57.6 Å². The summed E-state index contributed by atoms with van der Waals surface area (Å²) in [5, 5.41) is 21.3. The molecular formula is C33H58N3O11P. The predicted octanol–water partition coefficient (Wildman–Crippen LogP) is 4.58. The lowest BCUT2D eigenvalue weighted by molar-refractivity contribution is -0.137. The zero-order valence-electron chi connectivity index (χ0n) is 28.3. The van der Waals surface area contributed by atoms with Crippen molar-refractivity contribution in [3.63, 3.8) is 0 Å². The molecular weight excluding hydrogens is 645 g/mol. The number of nitrogens with zero attached hydrogens (tertiary/aromatic N) is 1. The Morgan fingerprint density at radius 2 is 1.38 bits per heavy atom. The van der Waals surface area contributed by atoms with Crippen LogP contribution in [-0.2, 0) is 28.2 Å². The van der Waals surface area contributed by atoms with Gasteiger partial charge in [-0.15, -0.1) is 0 Å². The van der Waals surface area contributed by atoms with Crippen LogP contribution in [0, 0.1) is 0 Å². The minimum absolute atomic E-state index is 0.0811. The van der Waals surface area contributed by atoms with Crippen LogP contribution in [0.2, 0.25) is 0 Å². The van der Waals surface area contributed by atoms with Crippen molar-refractivity contribution in [3.8, 4) is 0 Å². The number of rotatable bonds is 29. The molecule has 1 aliphatic heterocycles. The zero-order valence-corrected chi connectivity index (χ0v) is 29.3. The summed E-state index contributed by atoms with van der Waals surface area (Å²) in [5.41, 5.74) is -1.33. The van der Waals surface area contributed by atoms with Gasteiger partial charge in [0, 0.05) is 38.3 Å². The molecule has 1 aromatic rings. The van der Waals surface area contributed by atoms with E-state index in [0.717, 1.165) is 68.4 Å². The molecule has 5 atom stereocenters. The Bertz CT molecular complexity index is 1180. The molecule has 276 valence electrons. The normalized spacial score (nSPS) is 19.8. The number of aromatic amines is 1. The van der Waals surface area contributed by atoms with Gasteiger partial charge in [0.1, 0.15) is 18.3 Å². The van der Waals surface area contributed by atoms with Gasteiger partial charge in [-0.1, -0.05) is 89.9 Å². The number of unbranched alkanes of at least 4 members (excludes halogenated alkanes) is 16. The number of H-pyrrole nitrogens is 1. The molecule has 2 heterocycles. The van der Waals surface area contributed by atoms with Gasteiger partial charge in [-0.2, -0.15) is 0 Å². The second kappa shape index (κ2) is 25.6. The number of aromatic nitrogens is 2. The second-order valence-corrected chi connectivity index (χ2v) is 13.3. The predicted molar refractivity (Wildman–Crippen MR) is 181 cm³/mol. The van der Waals surface area contributed by atoms with Crippen LogP contribution >= 0.6 is 8.25 Å². The SMILES string of the molecule is O=C(O)CCCCCCCCCCCCCCCCC(=O)NCCCCCCOC1C(O[PH](=O)O)C(CO)OC1n1ccc(=O)[nH]c1=O. The highest BCUT2D eigenvalue weighted by atomic mass is 31.1. The first kappa shape index (κ1) is 41.8. The molecule has 5 unspecified atom stereocenters. The molecule has 0 spiro atoms. The van der Waals surface area contributed by atoms with Crippen molar-refractivity contribution in [3.05, 3.63) is 33.1 Å². The van der Waals surface area contributed by atoms with Crippen molar-refractivity contribution >= 4 is 20.1 Å². The number of aliphatic hydroxyl groups excluding tert-OH is 1. The third-order valence-corrected chi connectivity index (χ3v) is 9.05.